The number of cyclic esters (lactones) is 1. The van der Waals surface area contributed by atoms with Crippen LogP contribution in [0.25, 0.3) is 0 Å². The molecular formula is C8H12O4. The fourth-order valence-corrected chi connectivity index (χ4v) is 2.08. The van der Waals surface area contributed by atoms with Gasteiger partial charge in [0.05, 0.1) is 24.7 Å². The van der Waals surface area contributed by atoms with Crippen LogP contribution in [0.4, 0.5) is 0 Å². The Morgan fingerprint density at radius 1 is 1.25 bits per heavy atom. The number of ether oxygens (including phenoxy) is 1. The van der Waals surface area contributed by atoms with E-state index in [1.54, 1.807) is 0 Å². The Labute approximate surface area is 70.1 Å². The molecule has 1 aliphatic carbocycles. The van der Waals surface area contributed by atoms with E-state index in [1.165, 1.54) is 0 Å². The van der Waals surface area contributed by atoms with Crippen LogP contribution in [0.3, 0.4) is 0 Å². The molecule has 0 aromatic rings. The van der Waals surface area contributed by atoms with Crippen molar-refractivity contribution in [3.8, 4) is 0 Å². The lowest BCUT2D eigenvalue weighted by Crippen LogP contribution is -2.41. The lowest BCUT2D eigenvalue weighted by atomic mass is 9.77. The molecule has 68 valence electrons. The maximum atomic E-state index is 11.1. The predicted molar refractivity (Wildman–Crippen MR) is 39.2 cm³/mol. The second kappa shape index (κ2) is 2.71. The van der Waals surface area contributed by atoms with Crippen molar-refractivity contribution in [1.29, 1.82) is 0 Å². The van der Waals surface area contributed by atoms with Gasteiger partial charge in [0.25, 0.3) is 0 Å². The number of hydrogen-bond donors (Lipinski definition) is 2. The van der Waals surface area contributed by atoms with E-state index in [0.29, 0.717) is 12.8 Å². The molecule has 1 aliphatic heterocycles. The molecule has 4 atom stereocenters. The van der Waals surface area contributed by atoms with Crippen molar-refractivity contribution in [1.82, 2.24) is 0 Å². The molecule has 1 saturated heterocycles. The third-order valence-corrected chi connectivity index (χ3v) is 2.82. The Balaban J connectivity index is 2.18. The summed E-state index contributed by atoms with van der Waals surface area (Å²) in [4.78, 5) is 11.1. The number of aliphatic hydroxyl groups excluding tert-OH is 2. The van der Waals surface area contributed by atoms with Gasteiger partial charge in [-0.1, -0.05) is 0 Å². The molecule has 0 radical (unpaired) electrons. The van der Waals surface area contributed by atoms with E-state index in [-0.39, 0.29) is 18.5 Å². The summed E-state index contributed by atoms with van der Waals surface area (Å²) in [6.45, 7) is 0.266. The zero-order valence-electron chi connectivity index (χ0n) is 6.64. The van der Waals surface area contributed by atoms with Gasteiger partial charge in [-0.15, -0.1) is 0 Å². The summed E-state index contributed by atoms with van der Waals surface area (Å²) in [5, 5.41) is 18.9. The maximum Gasteiger partial charge on any atom is 0.312 e. The van der Waals surface area contributed by atoms with E-state index in [9.17, 15) is 15.0 Å². The first-order valence-corrected chi connectivity index (χ1v) is 4.23. The quantitative estimate of drug-likeness (QED) is 0.474. The SMILES string of the molecule is O=C1OCC2C(O)CCC(O)C12. The first-order valence-electron chi connectivity index (χ1n) is 4.23. The number of fused-ring (bicyclic) bond motifs is 1. The highest BCUT2D eigenvalue weighted by Gasteiger charge is 2.47. The fraction of sp³-hybridized carbons (Fsp3) is 0.875. The predicted octanol–water partition coefficient (Wildman–Crippen LogP) is -0.709. The molecule has 0 aromatic heterocycles. The van der Waals surface area contributed by atoms with Gasteiger partial charge in [0, 0.05) is 5.92 Å². The van der Waals surface area contributed by atoms with Crippen molar-refractivity contribution in [2.24, 2.45) is 11.8 Å². The Hall–Kier alpha value is -0.610. The van der Waals surface area contributed by atoms with Crippen LogP contribution in [-0.4, -0.2) is 35.0 Å². The third kappa shape index (κ3) is 1.03. The minimum Gasteiger partial charge on any atom is -0.465 e. The van der Waals surface area contributed by atoms with Crippen molar-refractivity contribution in [3.63, 3.8) is 0 Å². The van der Waals surface area contributed by atoms with Gasteiger partial charge in [-0.25, -0.2) is 0 Å². The van der Waals surface area contributed by atoms with Gasteiger partial charge < -0.3 is 14.9 Å². The van der Waals surface area contributed by atoms with E-state index in [1.807, 2.05) is 0 Å². The Morgan fingerprint density at radius 2 is 1.92 bits per heavy atom. The van der Waals surface area contributed by atoms with Crippen LogP contribution >= 0.6 is 0 Å². The average molecular weight is 172 g/mol. The first kappa shape index (κ1) is 8.01. The van der Waals surface area contributed by atoms with Crippen LogP contribution in [-0.2, 0) is 9.53 Å². The summed E-state index contributed by atoms with van der Waals surface area (Å²) >= 11 is 0. The highest BCUT2D eigenvalue weighted by molar-refractivity contribution is 5.75. The molecule has 1 heterocycles. The Kier molecular flexibility index (Phi) is 1.81. The fourth-order valence-electron chi connectivity index (χ4n) is 2.08. The highest BCUT2D eigenvalue weighted by Crippen LogP contribution is 2.35. The summed E-state index contributed by atoms with van der Waals surface area (Å²) < 4.78 is 4.78. The minimum atomic E-state index is -0.617. The Bertz CT molecular complexity index is 203. The second-order valence-electron chi connectivity index (χ2n) is 3.53. The molecule has 4 unspecified atom stereocenters. The van der Waals surface area contributed by atoms with Crippen LogP contribution in [0.15, 0.2) is 0 Å². The molecular weight excluding hydrogens is 160 g/mol. The standard InChI is InChI=1S/C8H12O4/c9-5-1-2-6(10)7-4(5)3-12-8(7)11/h4-7,9-10H,1-3H2. The van der Waals surface area contributed by atoms with E-state index < -0.39 is 18.1 Å². The van der Waals surface area contributed by atoms with Gasteiger partial charge in [-0.05, 0) is 12.8 Å². The van der Waals surface area contributed by atoms with E-state index in [2.05, 4.69) is 0 Å². The van der Waals surface area contributed by atoms with Gasteiger partial charge in [0.2, 0.25) is 0 Å². The average Bonchev–Trinajstić information content (AvgIpc) is 2.42. The number of rotatable bonds is 0. The Morgan fingerprint density at radius 3 is 2.58 bits per heavy atom. The number of hydrogen-bond acceptors (Lipinski definition) is 4. The van der Waals surface area contributed by atoms with Gasteiger partial charge in [0.15, 0.2) is 0 Å². The lowest BCUT2D eigenvalue weighted by molar-refractivity contribution is -0.145. The van der Waals surface area contributed by atoms with E-state index >= 15 is 0 Å². The second-order valence-corrected chi connectivity index (χ2v) is 3.53. The molecule has 2 rings (SSSR count). The van der Waals surface area contributed by atoms with Crippen molar-refractivity contribution >= 4 is 5.97 Å². The van der Waals surface area contributed by atoms with Crippen LogP contribution < -0.4 is 0 Å². The molecule has 0 spiro atoms. The summed E-state index contributed by atoms with van der Waals surface area (Å²) in [5.74, 6) is -1.01. The zero-order chi connectivity index (χ0) is 8.72. The summed E-state index contributed by atoms with van der Waals surface area (Å²) in [6, 6.07) is 0. The van der Waals surface area contributed by atoms with Crippen molar-refractivity contribution in [2.75, 3.05) is 6.61 Å². The summed E-state index contributed by atoms with van der Waals surface area (Å²) in [5.41, 5.74) is 0. The van der Waals surface area contributed by atoms with Crippen molar-refractivity contribution in [2.45, 2.75) is 25.0 Å². The molecule has 2 N–H and O–H groups in total. The zero-order valence-corrected chi connectivity index (χ0v) is 6.64. The van der Waals surface area contributed by atoms with Crippen molar-refractivity contribution < 1.29 is 19.7 Å². The smallest absolute Gasteiger partial charge is 0.312 e. The van der Waals surface area contributed by atoms with Crippen LogP contribution in [0.1, 0.15) is 12.8 Å². The normalized spacial score (nSPS) is 47.0. The number of carbonyl (C=O) groups excluding carboxylic acids is 1. The lowest BCUT2D eigenvalue weighted by Gasteiger charge is -2.30. The molecule has 0 amide bonds. The largest absolute Gasteiger partial charge is 0.465 e. The van der Waals surface area contributed by atoms with Crippen LogP contribution in [0.2, 0.25) is 0 Å². The summed E-state index contributed by atoms with van der Waals surface area (Å²) in [7, 11) is 0. The highest BCUT2D eigenvalue weighted by atomic mass is 16.5. The number of aliphatic hydroxyl groups is 2. The molecule has 4 heteroatoms. The molecule has 0 bridgehead atoms. The maximum absolute atomic E-state index is 11.1. The molecule has 1 saturated carbocycles. The van der Waals surface area contributed by atoms with Crippen molar-refractivity contribution in [3.05, 3.63) is 0 Å². The minimum absolute atomic E-state index is 0.179. The molecule has 4 nitrogen and oxygen atoms in total. The number of carbonyl (C=O) groups is 1. The van der Waals surface area contributed by atoms with E-state index in [0.717, 1.165) is 0 Å². The molecule has 0 aromatic carbocycles. The van der Waals surface area contributed by atoms with Gasteiger partial charge in [0.1, 0.15) is 0 Å². The first-order chi connectivity index (χ1) is 5.70. The molecule has 2 fully saturated rings. The molecule has 2 aliphatic rings. The molecule has 12 heavy (non-hydrogen) atoms. The topological polar surface area (TPSA) is 66.8 Å². The van der Waals surface area contributed by atoms with E-state index in [4.69, 9.17) is 4.74 Å². The summed E-state index contributed by atoms with van der Waals surface area (Å²) in [6.07, 6.45) is -0.0330. The van der Waals surface area contributed by atoms with Gasteiger partial charge in [-0.3, -0.25) is 4.79 Å². The number of esters is 1. The van der Waals surface area contributed by atoms with Gasteiger partial charge in [-0.2, -0.15) is 0 Å². The van der Waals surface area contributed by atoms with Crippen LogP contribution in [0.5, 0.6) is 0 Å². The monoisotopic (exact) mass is 172 g/mol. The van der Waals surface area contributed by atoms with Crippen LogP contribution in [0, 0.1) is 11.8 Å². The van der Waals surface area contributed by atoms with Gasteiger partial charge >= 0.3 is 5.97 Å². The third-order valence-electron chi connectivity index (χ3n) is 2.82.